The summed E-state index contributed by atoms with van der Waals surface area (Å²) in [5.74, 6) is -0.0290. The molecule has 10 heteroatoms. The molecule has 0 bridgehead atoms. The third kappa shape index (κ3) is 4.39. The van der Waals surface area contributed by atoms with Gasteiger partial charge in [0.25, 0.3) is 0 Å². The first-order chi connectivity index (χ1) is 18.1. The number of anilines is 2. The summed E-state index contributed by atoms with van der Waals surface area (Å²) in [6.45, 7) is 11.5. The van der Waals surface area contributed by atoms with Gasteiger partial charge in [-0.2, -0.15) is 4.98 Å². The van der Waals surface area contributed by atoms with Crippen molar-refractivity contribution in [2.75, 3.05) is 23.7 Å². The topological polar surface area (TPSA) is 102 Å². The molecule has 0 amide bonds. The van der Waals surface area contributed by atoms with Crippen molar-refractivity contribution in [3.8, 4) is 16.9 Å². The molecule has 38 heavy (non-hydrogen) atoms. The molecule has 2 atom stereocenters. The zero-order chi connectivity index (χ0) is 27.3. The number of fused-ring (bicyclic) bond motifs is 1. The molecule has 198 valence electrons. The predicted molar refractivity (Wildman–Crippen MR) is 151 cm³/mol. The van der Waals surface area contributed by atoms with Crippen LogP contribution in [0.5, 0.6) is 0 Å². The standard InChI is InChI=1S/C28H31ClFN7O/c1-14(2)23-25(15(3)9-10-32-23)37-27-18(26(35-28(37)38)36-13-16(4)33-12-17(36)5)11-19(29)24(34-27)22-20(30)7-6-8-21(22)31/h6-11,14,16-17,33H,12-13,31H2,1-5H3/t16-,17+/m1/s1. The molecule has 0 saturated carbocycles. The summed E-state index contributed by atoms with van der Waals surface area (Å²) in [6.07, 6.45) is 1.72. The van der Waals surface area contributed by atoms with Crippen LogP contribution in [0.2, 0.25) is 5.02 Å². The van der Waals surface area contributed by atoms with Gasteiger partial charge >= 0.3 is 5.69 Å². The van der Waals surface area contributed by atoms with E-state index in [1.165, 1.54) is 16.7 Å². The quantitative estimate of drug-likeness (QED) is 0.361. The van der Waals surface area contributed by atoms with Crippen molar-refractivity contribution in [2.24, 2.45) is 0 Å². The molecule has 5 rings (SSSR count). The van der Waals surface area contributed by atoms with E-state index in [0.717, 1.165) is 17.8 Å². The van der Waals surface area contributed by atoms with E-state index in [1.54, 1.807) is 18.3 Å². The maximum absolute atomic E-state index is 15.0. The van der Waals surface area contributed by atoms with Gasteiger partial charge in [0.15, 0.2) is 5.65 Å². The molecule has 1 aliphatic heterocycles. The average Bonchev–Trinajstić information content (AvgIpc) is 2.86. The summed E-state index contributed by atoms with van der Waals surface area (Å²) in [5, 5.41) is 4.26. The number of aromatic nitrogens is 4. The molecule has 1 aliphatic rings. The maximum Gasteiger partial charge on any atom is 0.355 e. The van der Waals surface area contributed by atoms with Crippen LogP contribution >= 0.6 is 11.6 Å². The number of hydrogen-bond acceptors (Lipinski definition) is 7. The molecule has 3 aromatic heterocycles. The third-order valence-corrected chi connectivity index (χ3v) is 7.33. The summed E-state index contributed by atoms with van der Waals surface area (Å²) in [7, 11) is 0. The number of hydrogen-bond donors (Lipinski definition) is 2. The lowest BCUT2D eigenvalue weighted by molar-refractivity contribution is 0.423. The Labute approximate surface area is 225 Å². The molecular formula is C28H31ClFN7O. The van der Waals surface area contributed by atoms with Crippen LogP contribution in [-0.2, 0) is 0 Å². The molecular weight excluding hydrogens is 505 g/mol. The summed E-state index contributed by atoms with van der Waals surface area (Å²) in [5.41, 5.74) is 8.63. The number of nitrogen functional groups attached to an aromatic ring is 1. The van der Waals surface area contributed by atoms with Gasteiger partial charge < -0.3 is 16.0 Å². The van der Waals surface area contributed by atoms with Crippen LogP contribution < -0.4 is 21.6 Å². The van der Waals surface area contributed by atoms with Crippen molar-refractivity contribution >= 4 is 34.1 Å². The molecule has 1 saturated heterocycles. The van der Waals surface area contributed by atoms with E-state index in [2.05, 4.69) is 34.0 Å². The first-order valence-corrected chi connectivity index (χ1v) is 13.1. The Kier molecular flexibility index (Phi) is 6.83. The smallest absolute Gasteiger partial charge is 0.355 e. The van der Waals surface area contributed by atoms with Gasteiger partial charge in [0, 0.05) is 37.1 Å². The molecule has 1 fully saturated rings. The highest BCUT2D eigenvalue weighted by Crippen LogP contribution is 2.38. The van der Waals surface area contributed by atoms with Crippen LogP contribution in [-0.4, -0.2) is 44.7 Å². The van der Waals surface area contributed by atoms with E-state index in [-0.39, 0.29) is 40.0 Å². The van der Waals surface area contributed by atoms with Crippen LogP contribution in [0.4, 0.5) is 15.9 Å². The average molecular weight is 536 g/mol. The van der Waals surface area contributed by atoms with Gasteiger partial charge in [0.1, 0.15) is 11.6 Å². The number of piperazine rings is 1. The van der Waals surface area contributed by atoms with Crippen LogP contribution in [0.3, 0.4) is 0 Å². The number of nitrogens with zero attached hydrogens (tertiary/aromatic N) is 5. The van der Waals surface area contributed by atoms with Crippen molar-refractivity contribution in [1.29, 1.82) is 0 Å². The Morgan fingerprint density at radius 2 is 1.97 bits per heavy atom. The number of nitrogens with one attached hydrogen (secondary N) is 1. The molecule has 4 heterocycles. The summed E-state index contributed by atoms with van der Waals surface area (Å²) in [4.78, 5) is 30.0. The number of benzene rings is 1. The highest BCUT2D eigenvalue weighted by molar-refractivity contribution is 6.34. The van der Waals surface area contributed by atoms with Gasteiger partial charge in [0.05, 0.1) is 33.0 Å². The molecule has 3 N–H and O–H groups in total. The highest BCUT2D eigenvalue weighted by Gasteiger charge is 2.29. The Hall–Kier alpha value is -3.56. The minimum Gasteiger partial charge on any atom is -0.398 e. The van der Waals surface area contributed by atoms with E-state index in [0.29, 0.717) is 29.1 Å². The van der Waals surface area contributed by atoms with E-state index in [9.17, 15) is 4.79 Å². The van der Waals surface area contributed by atoms with Crippen LogP contribution in [0.1, 0.15) is 44.9 Å². The summed E-state index contributed by atoms with van der Waals surface area (Å²) < 4.78 is 16.5. The first kappa shape index (κ1) is 26.1. The summed E-state index contributed by atoms with van der Waals surface area (Å²) >= 11 is 6.77. The van der Waals surface area contributed by atoms with Gasteiger partial charge in [-0.05, 0) is 56.5 Å². The number of halogens is 2. The molecule has 1 aromatic carbocycles. The molecule has 0 unspecified atom stereocenters. The molecule has 0 radical (unpaired) electrons. The second-order valence-electron chi connectivity index (χ2n) is 10.3. The Morgan fingerprint density at radius 3 is 2.68 bits per heavy atom. The van der Waals surface area contributed by atoms with Crippen molar-refractivity contribution in [1.82, 2.24) is 24.8 Å². The number of rotatable bonds is 4. The van der Waals surface area contributed by atoms with E-state index < -0.39 is 11.5 Å². The summed E-state index contributed by atoms with van der Waals surface area (Å²) in [6, 6.07) is 8.26. The van der Waals surface area contributed by atoms with Crippen molar-refractivity contribution in [2.45, 2.75) is 52.6 Å². The molecule has 4 aromatic rings. The van der Waals surface area contributed by atoms with E-state index >= 15 is 4.39 Å². The van der Waals surface area contributed by atoms with E-state index in [4.69, 9.17) is 22.3 Å². The Morgan fingerprint density at radius 1 is 1.21 bits per heavy atom. The van der Waals surface area contributed by atoms with E-state index in [1.807, 2.05) is 26.8 Å². The predicted octanol–water partition coefficient (Wildman–Crippen LogP) is 4.84. The lowest BCUT2D eigenvalue weighted by Gasteiger charge is -2.38. The van der Waals surface area contributed by atoms with Gasteiger partial charge in [0.2, 0.25) is 0 Å². The van der Waals surface area contributed by atoms with Crippen molar-refractivity contribution in [3.05, 3.63) is 69.1 Å². The fourth-order valence-corrected chi connectivity index (χ4v) is 5.34. The lowest BCUT2D eigenvalue weighted by atomic mass is 10.0. The van der Waals surface area contributed by atoms with Crippen LogP contribution in [0, 0.1) is 12.7 Å². The first-order valence-electron chi connectivity index (χ1n) is 12.7. The SMILES string of the molecule is Cc1ccnc(C(C)C)c1-n1c(=O)nc(N2C[C@@H](C)NC[C@@H]2C)c2cc(Cl)c(-c3c(N)cccc3F)nc21. The second-order valence-corrected chi connectivity index (χ2v) is 10.7. The fraction of sp³-hybridized carbons (Fsp3) is 0.357. The maximum atomic E-state index is 15.0. The Balaban J connectivity index is 1.92. The zero-order valence-electron chi connectivity index (χ0n) is 22.1. The largest absolute Gasteiger partial charge is 0.398 e. The van der Waals surface area contributed by atoms with Gasteiger partial charge in [-0.3, -0.25) is 4.98 Å². The fourth-order valence-electron chi connectivity index (χ4n) is 5.09. The molecule has 0 spiro atoms. The minimum absolute atomic E-state index is 0.0227. The monoisotopic (exact) mass is 535 g/mol. The third-order valence-electron chi connectivity index (χ3n) is 7.05. The van der Waals surface area contributed by atoms with Crippen LogP contribution in [0.25, 0.3) is 28.0 Å². The molecule has 8 nitrogen and oxygen atoms in total. The van der Waals surface area contributed by atoms with Gasteiger partial charge in [-0.15, -0.1) is 0 Å². The van der Waals surface area contributed by atoms with Gasteiger partial charge in [-0.1, -0.05) is 31.5 Å². The van der Waals surface area contributed by atoms with Crippen molar-refractivity contribution in [3.63, 3.8) is 0 Å². The van der Waals surface area contributed by atoms with Gasteiger partial charge in [-0.25, -0.2) is 18.7 Å². The second kappa shape index (κ2) is 9.96. The lowest BCUT2D eigenvalue weighted by Crippen LogP contribution is -2.55. The number of pyridine rings is 2. The normalized spacial score (nSPS) is 17.9. The van der Waals surface area contributed by atoms with Crippen LogP contribution in [0.15, 0.2) is 41.3 Å². The number of aryl methyl sites for hydroxylation is 1. The minimum atomic E-state index is -0.549. The van der Waals surface area contributed by atoms with Crippen molar-refractivity contribution < 1.29 is 4.39 Å². The zero-order valence-corrected chi connectivity index (χ0v) is 22.8. The number of nitrogens with two attached hydrogens (primary N) is 1. The highest BCUT2D eigenvalue weighted by atomic mass is 35.5. The molecule has 0 aliphatic carbocycles. The Bertz CT molecular complexity index is 1580.